The van der Waals surface area contributed by atoms with Gasteiger partial charge in [-0.3, -0.25) is 4.79 Å². The zero-order valence-corrected chi connectivity index (χ0v) is 14.3. The van der Waals surface area contributed by atoms with Crippen molar-refractivity contribution in [1.82, 2.24) is 5.32 Å². The normalized spacial score (nSPS) is 16.2. The van der Waals surface area contributed by atoms with Crippen LogP contribution in [0.2, 0.25) is 0 Å². The van der Waals surface area contributed by atoms with Crippen LogP contribution in [0.25, 0.3) is 0 Å². The Bertz CT molecular complexity index is 766. The molecule has 126 valence electrons. The van der Waals surface area contributed by atoms with E-state index in [1.807, 2.05) is 0 Å². The molecule has 3 rings (SSSR count). The molecule has 0 saturated heterocycles. The summed E-state index contributed by atoms with van der Waals surface area (Å²) in [5, 5.41) is 2.99. The molecule has 4 nitrogen and oxygen atoms in total. The van der Waals surface area contributed by atoms with E-state index in [0.717, 1.165) is 22.6 Å². The Morgan fingerprint density at radius 3 is 2.71 bits per heavy atom. The first kappa shape index (κ1) is 16.6. The summed E-state index contributed by atoms with van der Waals surface area (Å²) in [5.41, 5.74) is 1.31. The van der Waals surface area contributed by atoms with Crippen LogP contribution in [0, 0.1) is 5.82 Å². The summed E-state index contributed by atoms with van der Waals surface area (Å²) in [6.45, 7) is 0. The Kier molecular flexibility index (Phi) is 4.94. The fraction of sp³-hybridized carbons (Fsp3) is 0.278. The first-order valence-corrected chi connectivity index (χ1v) is 8.56. The number of thioether (sulfide) groups is 1. The number of halogens is 1. The van der Waals surface area contributed by atoms with Crippen molar-refractivity contribution in [3.05, 3.63) is 53.3 Å². The van der Waals surface area contributed by atoms with Gasteiger partial charge in [0, 0.05) is 16.2 Å². The van der Waals surface area contributed by atoms with Crippen molar-refractivity contribution in [1.29, 1.82) is 0 Å². The van der Waals surface area contributed by atoms with Crippen molar-refractivity contribution >= 4 is 17.7 Å². The van der Waals surface area contributed by atoms with Crippen LogP contribution in [0.5, 0.6) is 11.5 Å². The molecule has 1 aliphatic rings. The van der Waals surface area contributed by atoms with E-state index in [0.29, 0.717) is 17.1 Å². The number of nitrogens with one attached hydrogen (secondary N) is 1. The van der Waals surface area contributed by atoms with Gasteiger partial charge in [-0.05, 0) is 48.4 Å². The Hall–Kier alpha value is -2.21. The highest BCUT2D eigenvalue weighted by Gasteiger charge is 2.23. The highest BCUT2D eigenvalue weighted by molar-refractivity contribution is 7.99. The molecule has 2 aromatic carbocycles. The van der Waals surface area contributed by atoms with Gasteiger partial charge in [0.05, 0.1) is 20.3 Å². The van der Waals surface area contributed by atoms with Gasteiger partial charge in [0.25, 0.3) is 5.91 Å². The molecule has 0 fully saturated rings. The summed E-state index contributed by atoms with van der Waals surface area (Å²) in [7, 11) is 3.07. The maximum absolute atomic E-state index is 13.6. The molecule has 0 saturated carbocycles. The zero-order valence-electron chi connectivity index (χ0n) is 13.5. The third-order valence-electron chi connectivity index (χ3n) is 3.96. The number of ether oxygens (including phenoxy) is 2. The van der Waals surface area contributed by atoms with Gasteiger partial charge in [-0.2, -0.15) is 0 Å². The van der Waals surface area contributed by atoms with Gasteiger partial charge in [-0.25, -0.2) is 4.39 Å². The van der Waals surface area contributed by atoms with Crippen molar-refractivity contribution in [2.24, 2.45) is 0 Å². The van der Waals surface area contributed by atoms with Crippen molar-refractivity contribution < 1.29 is 18.7 Å². The van der Waals surface area contributed by atoms with Gasteiger partial charge >= 0.3 is 0 Å². The second-order valence-corrected chi connectivity index (χ2v) is 6.55. The molecule has 1 aliphatic heterocycles. The fourth-order valence-corrected chi connectivity index (χ4v) is 3.84. The average Bonchev–Trinajstić information content (AvgIpc) is 2.61. The lowest BCUT2D eigenvalue weighted by Gasteiger charge is -2.26. The number of amides is 1. The molecule has 6 heteroatoms. The zero-order chi connectivity index (χ0) is 17.1. The number of carbonyl (C=O) groups is 1. The smallest absolute Gasteiger partial charge is 0.251 e. The summed E-state index contributed by atoms with van der Waals surface area (Å²) in [5.74, 6) is 1.44. The third-order valence-corrected chi connectivity index (χ3v) is 5.09. The molecule has 1 heterocycles. The van der Waals surface area contributed by atoms with Gasteiger partial charge in [0.1, 0.15) is 5.82 Å². The number of fused-ring (bicyclic) bond motifs is 1. The maximum atomic E-state index is 13.6. The molecule has 0 radical (unpaired) electrons. The summed E-state index contributed by atoms with van der Waals surface area (Å²) in [6.07, 6.45) is 0.764. The highest BCUT2D eigenvalue weighted by Crippen LogP contribution is 2.36. The predicted octanol–water partition coefficient (Wildman–Crippen LogP) is 3.81. The standard InChI is InChI=1S/C18H18FNO3S/c1-22-15-5-3-11(9-16(15)23-2)18(21)20-14-7-8-24-17-6-4-12(19)10-13(14)17/h3-6,9-10,14H,7-8H2,1-2H3,(H,20,21). The lowest BCUT2D eigenvalue weighted by molar-refractivity contribution is 0.0934. The number of hydrogen-bond acceptors (Lipinski definition) is 4. The van der Waals surface area contributed by atoms with Gasteiger partial charge in [0.15, 0.2) is 11.5 Å². The number of rotatable bonds is 4. The van der Waals surface area contributed by atoms with Crippen LogP contribution in [-0.4, -0.2) is 25.9 Å². The molecule has 0 aromatic heterocycles. The first-order valence-electron chi connectivity index (χ1n) is 7.57. The number of hydrogen-bond donors (Lipinski definition) is 1. The number of benzene rings is 2. The van der Waals surface area contributed by atoms with E-state index in [9.17, 15) is 9.18 Å². The Labute approximate surface area is 144 Å². The van der Waals surface area contributed by atoms with Crippen molar-refractivity contribution in [2.75, 3.05) is 20.0 Å². The van der Waals surface area contributed by atoms with Crippen LogP contribution in [0.15, 0.2) is 41.3 Å². The molecule has 1 atom stereocenters. The molecule has 1 N–H and O–H groups in total. The minimum atomic E-state index is -0.290. The van der Waals surface area contributed by atoms with E-state index >= 15 is 0 Å². The molecule has 2 aromatic rings. The van der Waals surface area contributed by atoms with Crippen molar-refractivity contribution in [3.8, 4) is 11.5 Å². The highest BCUT2D eigenvalue weighted by atomic mass is 32.2. The van der Waals surface area contributed by atoms with Crippen LogP contribution in [0.1, 0.15) is 28.4 Å². The van der Waals surface area contributed by atoms with Crippen LogP contribution in [-0.2, 0) is 0 Å². The van der Waals surface area contributed by atoms with E-state index in [-0.39, 0.29) is 17.8 Å². The van der Waals surface area contributed by atoms with E-state index < -0.39 is 0 Å². The quantitative estimate of drug-likeness (QED) is 0.914. The van der Waals surface area contributed by atoms with Crippen molar-refractivity contribution in [2.45, 2.75) is 17.4 Å². The number of carbonyl (C=O) groups excluding carboxylic acids is 1. The molecule has 24 heavy (non-hydrogen) atoms. The van der Waals surface area contributed by atoms with Gasteiger partial charge in [-0.1, -0.05) is 0 Å². The van der Waals surface area contributed by atoms with Gasteiger partial charge in [-0.15, -0.1) is 11.8 Å². The maximum Gasteiger partial charge on any atom is 0.251 e. The molecule has 0 bridgehead atoms. The Morgan fingerprint density at radius 2 is 1.96 bits per heavy atom. The monoisotopic (exact) mass is 347 g/mol. The van der Waals surface area contributed by atoms with Gasteiger partial charge in [0.2, 0.25) is 0 Å². The van der Waals surface area contributed by atoms with E-state index in [1.165, 1.54) is 19.2 Å². The molecule has 1 unspecified atom stereocenters. The third kappa shape index (κ3) is 3.33. The fourth-order valence-electron chi connectivity index (χ4n) is 2.73. The largest absolute Gasteiger partial charge is 0.493 e. The minimum absolute atomic E-state index is 0.197. The topological polar surface area (TPSA) is 47.6 Å². The first-order chi connectivity index (χ1) is 11.6. The second kappa shape index (κ2) is 7.13. The van der Waals surface area contributed by atoms with Crippen LogP contribution in [0.4, 0.5) is 4.39 Å². The molecular weight excluding hydrogens is 329 g/mol. The lowest BCUT2D eigenvalue weighted by atomic mass is 10.0. The SMILES string of the molecule is COc1ccc(C(=O)NC2CCSc3ccc(F)cc32)cc1OC. The Balaban J connectivity index is 1.82. The summed E-state index contributed by atoms with van der Waals surface area (Å²) in [6, 6.07) is 9.53. The lowest BCUT2D eigenvalue weighted by Crippen LogP contribution is -2.30. The van der Waals surface area contributed by atoms with Crippen LogP contribution < -0.4 is 14.8 Å². The molecule has 1 amide bonds. The summed E-state index contributed by atoms with van der Waals surface area (Å²) < 4.78 is 24.0. The van der Waals surface area contributed by atoms with Gasteiger partial charge < -0.3 is 14.8 Å². The summed E-state index contributed by atoms with van der Waals surface area (Å²) in [4.78, 5) is 13.6. The molecule has 0 aliphatic carbocycles. The van der Waals surface area contributed by atoms with E-state index in [4.69, 9.17) is 9.47 Å². The van der Waals surface area contributed by atoms with E-state index in [2.05, 4.69) is 5.32 Å². The average molecular weight is 347 g/mol. The van der Waals surface area contributed by atoms with E-state index in [1.54, 1.807) is 43.1 Å². The Morgan fingerprint density at radius 1 is 1.17 bits per heavy atom. The number of methoxy groups -OCH3 is 2. The van der Waals surface area contributed by atoms with Crippen LogP contribution in [0.3, 0.4) is 0 Å². The predicted molar refractivity (Wildman–Crippen MR) is 91.5 cm³/mol. The summed E-state index contributed by atoms with van der Waals surface area (Å²) >= 11 is 1.68. The van der Waals surface area contributed by atoms with Crippen LogP contribution >= 0.6 is 11.8 Å². The minimum Gasteiger partial charge on any atom is -0.493 e. The second-order valence-electron chi connectivity index (χ2n) is 5.42. The van der Waals surface area contributed by atoms with Crippen molar-refractivity contribution in [3.63, 3.8) is 0 Å². The molecular formula is C18H18FNO3S. The molecule has 0 spiro atoms.